The quantitative estimate of drug-likeness (QED) is 0.726. The molecule has 2 atom stereocenters. The van der Waals surface area contributed by atoms with Crippen LogP contribution >= 0.6 is 0 Å². The van der Waals surface area contributed by atoms with Gasteiger partial charge in [-0.05, 0) is 18.8 Å². The van der Waals surface area contributed by atoms with Crippen LogP contribution in [0.2, 0.25) is 0 Å². The molecule has 2 unspecified atom stereocenters. The van der Waals surface area contributed by atoms with Crippen LogP contribution in [-0.4, -0.2) is 35.0 Å². The van der Waals surface area contributed by atoms with Crippen LogP contribution < -0.4 is 11.1 Å². The van der Waals surface area contributed by atoms with E-state index in [2.05, 4.69) is 5.32 Å². The molecule has 1 saturated heterocycles. The zero-order valence-electron chi connectivity index (χ0n) is 11.3. The third-order valence-corrected chi connectivity index (χ3v) is 3.72. The molecule has 0 spiro atoms. The Morgan fingerprint density at radius 1 is 1.41 bits per heavy atom. The summed E-state index contributed by atoms with van der Waals surface area (Å²) >= 11 is 0. The largest absolute Gasteiger partial charge is 0.326 e. The van der Waals surface area contributed by atoms with E-state index in [1.54, 1.807) is 6.92 Å². The number of rotatable bonds is 3. The first kappa shape index (κ1) is 14.0. The summed E-state index contributed by atoms with van der Waals surface area (Å²) in [5.41, 5.74) is 4.62. The minimum absolute atomic E-state index is 0.160. The third-order valence-electron chi connectivity index (χ3n) is 3.72. The minimum atomic E-state index is -0.850. The molecule has 1 heterocycles. The Kier molecular flexibility index (Phi) is 3.52. The summed E-state index contributed by atoms with van der Waals surface area (Å²) in [6.07, 6.45) is 0.739. The lowest BCUT2D eigenvalue weighted by atomic mass is 9.75. The summed E-state index contributed by atoms with van der Waals surface area (Å²) in [5, 5.41) is 2.78. The van der Waals surface area contributed by atoms with Gasteiger partial charge in [-0.1, -0.05) is 27.7 Å². The van der Waals surface area contributed by atoms with E-state index < -0.39 is 5.54 Å². The van der Waals surface area contributed by atoms with Crippen molar-refractivity contribution in [3.8, 4) is 0 Å². The number of hydrogen-bond donors (Lipinski definition) is 2. The Bertz CT molecular complexity index is 335. The number of nitrogens with two attached hydrogens (primary N) is 1. The van der Waals surface area contributed by atoms with Crippen molar-refractivity contribution < 1.29 is 9.59 Å². The number of carbonyl (C=O) groups is 2. The number of nitrogens with zero attached hydrogens (tertiary/aromatic N) is 1. The summed E-state index contributed by atoms with van der Waals surface area (Å²) < 4.78 is 0. The van der Waals surface area contributed by atoms with E-state index in [4.69, 9.17) is 5.73 Å². The number of carbonyl (C=O) groups excluding carboxylic acids is 2. The normalized spacial score (nSPS) is 27.3. The van der Waals surface area contributed by atoms with Gasteiger partial charge >= 0.3 is 6.03 Å². The molecule has 1 aliphatic rings. The Balaban J connectivity index is 2.93. The van der Waals surface area contributed by atoms with Crippen molar-refractivity contribution in [2.45, 2.75) is 52.6 Å². The van der Waals surface area contributed by atoms with Gasteiger partial charge in [-0.3, -0.25) is 9.69 Å². The molecule has 3 amide bonds. The molecule has 1 fully saturated rings. The molecule has 0 radical (unpaired) electrons. The Hall–Kier alpha value is -1.10. The summed E-state index contributed by atoms with van der Waals surface area (Å²) in [4.78, 5) is 25.4. The number of hydrogen-bond acceptors (Lipinski definition) is 3. The fourth-order valence-electron chi connectivity index (χ4n) is 1.73. The van der Waals surface area contributed by atoms with Crippen molar-refractivity contribution in [1.82, 2.24) is 10.2 Å². The highest BCUT2D eigenvalue weighted by atomic mass is 16.2. The summed E-state index contributed by atoms with van der Waals surface area (Å²) in [7, 11) is 0. The van der Waals surface area contributed by atoms with Gasteiger partial charge in [0.15, 0.2) is 0 Å². The molecule has 0 aromatic rings. The first-order valence-electron chi connectivity index (χ1n) is 6.03. The van der Waals surface area contributed by atoms with E-state index in [1.165, 1.54) is 4.90 Å². The van der Waals surface area contributed by atoms with Crippen LogP contribution in [0.4, 0.5) is 4.79 Å². The number of amides is 3. The summed E-state index contributed by atoms with van der Waals surface area (Å²) in [6.45, 7) is 9.81. The molecule has 0 saturated carbocycles. The van der Waals surface area contributed by atoms with Crippen molar-refractivity contribution in [2.24, 2.45) is 11.1 Å². The molecular formula is C12H23N3O2. The number of imide groups is 1. The second-order valence-corrected chi connectivity index (χ2v) is 5.89. The Labute approximate surface area is 103 Å². The SMILES string of the molecule is CCC(N)CN1C(=O)NC(C)(C(C)(C)C)C1=O. The van der Waals surface area contributed by atoms with Crippen LogP contribution in [0, 0.1) is 5.41 Å². The molecule has 5 nitrogen and oxygen atoms in total. The maximum Gasteiger partial charge on any atom is 0.325 e. The smallest absolute Gasteiger partial charge is 0.325 e. The van der Waals surface area contributed by atoms with Crippen LogP contribution in [0.25, 0.3) is 0 Å². The van der Waals surface area contributed by atoms with Crippen LogP contribution in [0.1, 0.15) is 41.0 Å². The zero-order valence-corrected chi connectivity index (χ0v) is 11.3. The fraction of sp³-hybridized carbons (Fsp3) is 0.833. The molecule has 3 N–H and O–H groups in total. The second-order valence-electron chi connectivity index (χ2n) is 5.89. The molecule has 0 aliphatic carbocycles. The highest BCUT2D eigenvalue weighted by Gasteiger charge is 2.54. The van der Waals surface area contributed by atoms with Crippen molar-refractivity contribution in [2.75, 3.05) is 6.54 Å². The van der Waals surface area contributed by atoms with Gasteiger partial charge in [0.25, 0.3) is 5.91 Å². The lowest BCUT2D eigenvalue weighted by molar-refractivity contribution is -0.134. The first-order chi connectivity index (χ1) is 7.63. The van der Waals surface area contributed by atoms with Gasteiger partial charge in [-0.15, -0.1) is 0 Å². The minimum Gasteiger partial charge on any atom is -0.326 e. The fourth-order valence-corrected chi connectivity index (χ4v) is 1.73. The van der Waals surface area contributed by atoms with Crippen LogP contribution in [0.3, 0.4) is 0 Å². The highest BCUT2D eigenvalue weighted by Crippen LogP contribution is 2.35. The van der Waals surface area contributed by atoms with Gasteiger partial charge in [-0.2, -0.15) is 0 Å². The monoisotopic (exact) mass is 241 g/mol. The third kappa shape index (κ3) is 2.29. The Morgan fingerprint density at radius 2 is 1.94 bits per heavy atom. The van der Waals surface area contributed by atoms with Crippen molar-refractivity contribution in [1.29, 1.82) is 0 Å². The predicted octanol–water partition coefficient (Wildman–Crippen LogP) is 1.08. The van der Waals surface area contributed by atoms with E-state index in [0.717, 1.165) is 6.42 Å². The zero-order chi connectivity index (χ0) is 13.4. The topological polar surface area (TPSA) is 75.4 Å². The van der Waals surface area contributed by atoms with Gasteiger partial charge in [-0.25, -0.2) is 4.79 Å². The maximum absolute atomic E-state index is 12.3. The summed E-state index contributed by atoms with van der Waals surface area (Å²) in [6, 6.07) is -0.497. The van der Waals surface area contributed by atoms with Crippen LogP contribution in [0.15, 0.2) is 0 Å². The van der Waals surface area contributed by atoms with E-state index in [9.17, 15) is 9.59 Å². The molecule has 0 bridgehead atoms. The predicted molar refractivity (Wildman–Crippen MR) is 66.4 cm³/mol. The van der Waals surface area contributed by atoms with Crippen molar-refractivity contribution in [3.05, 3.63) is 0 Å². The average molecular weight is 241 g/mol. The molecule has 0 aromatic carbocycles. The maximum atomic E-state index is 12.3. The van der Waals surface area contributed by atoms with Crippen molar-refractivity contribution >= 4 is 11.9 Å². The van der Waals surface area contributed by atoms with E-state index in [0.29, 0.717) is 0 Å². The van der Waals surface area contributed by atoms with Gasteiger partial charge < -0.3 is 11.1 Å². The van der Waals surface area contributed by atoms with E-state index >= 15 is 0 Å². The molecular weight excluding hydrogens is 218 g/mol. The molecule has 98 valence electrons. The van der Waals surface area contributed by atoms with E-state index in [1.807, 2.05) is 27.7 Å². The average Bonchev–Trinajstić information content (AvgIpc) is 2.42. The molecule has 17 heavy (non-hydrogen) atoms. The van der Waals surface area contributed by atoms with Gasteiger partial charge in [0.2, 0.25) is 0 Å². The van der Waals surface area contributed by atoms with Gasteiger partial charge in [0.1, 0.15) is 5.54 Å². The van der Waals surface area contributed by atoms with Gasteiger partial charge in [0.05, 0.1) is 0 Å². The van der Waals surface area contributed by atoms with Crippen LogP contribution in [-0.2, 0) is 4.79 Å². The highest BCUT2D eigenvalue weighted by molar-refractivity contribution is 6.07. The molecule has 1 rings (SSSR count). The standard InChI is InChI=1S/C12H23N3O2/c1-6-8(13)7-15-9(16)12(5,11(2,3)4)14-10(15)17/h8H,6-7,13H2,1-5H3,(H,14,17). The molecule has 0 aromatic heterocycles. The Morgan fingerprint density at radius 3 is 2.29 bits per heavy atom. The lowest BCUT2D eigenvalue weighted by Gasteiger charge is -2.35. The van der Waals surface area contributed by atoms with Gasteiger partial charge in [0, 0.05) is 12.6 Å². The second kappa shape index (κ2) is 4.29. The molecule has 5 heteroatoms. The first-order valence-corrected chi connectivity index (χ1v) is 6.03. The van der Waals surface area contributed by atoms with Crippen molar-refractivity contribution in [3.63, 3.8) is 0 Å². The summed E-state index contributed by atoms with van der Waals surface area (Å²) in [5.74, 6) is -0.182. The number of nitrogens with one attached hydrogen (secondary N) is 1. The number of urea groups is 1. The molecule has 1 aliphatic heterocycles. The van der Waals surface area contributed by atoms with Crippen LogP contribution in [0.5, 0.6) is 0 Å². The lowest BCUT2D eigenvalue weighted by Crippen LogP contribution is -2.54. The van der Waals surface area contributed by atoms with E-state index in [-0.39, 0.29) is 29.9 Å².